The van der Waals surface area contributed by atoms with E-state index in [0.717, 1.165) is 17.8 Å². The van der Waals surface area contributed by atoms with Crippen LogP contribution in [-0.4, -0.2) is 41.1 Å². The van der Waals surface area contributed by atoms with Crippen LogP contribution in [0.4, 0.5) is 41.9 Å². The van der Waals surface area contributed by atoms with E-state index in [0.29, 0.717) is 26.2 Å². The molecular weight excluding hydrogens is 449 g/mol. The Morgan fingerprint density at radius 3 is 2.35 bits per heavy atom. The highest BCUT2D eigenvalue weighted by Gasteiger charge is 2.32. The lowest BCUT2D eigenvalue weighted by atomic mass is 10.1. The van der Waals surface area contributed by atoms with Crippen molar-refractivity contribution in [3.8, 4) is 0 Å². The van der Waals surface area contributed by atoms with Crippen LogP contribution in [-0.2, 0) is 6.18 Å². The van der Waals surface area contributed by atoms with Crippen LogP contribution < -0.4 is 15.1 Å². The van der Waals surface area contributed by atoms with Crippen molar-refractivity contribution in [3.63, 3.8) is 0 Å². The largest absolute Gasteiger partial charge is 0.416 e. The monoisotopic (exact) mass is 472 g/mol. The Kier molecular flexibility index (Phi) is 6.27. The van der Waals surface area contributed by atoms with Crippen LogP contribution in [0.2, 0.25) is 0 Å². The van der Waals surface area contributed by atoms with Gasteiger partial charge in [-0.2, -0.15) is 13.2 Å². The van der Waals surface area contributed by atoms with Gasteiger partial charge in [0.1, 0.15) is 6.33 Å². The number of hydrogen-bond donors (Lipinski definition) is 1. The van der Waals surface area contributed by atoms with Gasteiger partial charge in [0.05, 0.1) is 10.5 Å². The lowest BCUT2D eigenvalue weighted by Gasteiger charge is -2.37. The van der Waals surface area contributed by atoms with Gasteiger partial charge in [-0.1, -0.05) is 18.2 Å². The van der Waals surface area contributed by atoms with Crippen LogP contribution in [0.15, 0.2) is 48.8 Å². The molecular formula is C23H23F3N6O2. The third kappa shape index (κ3) is 4.73. The smallest absolute Gasteiger partial charge is 0.368 e. The van der Waals surface area contributed by atoms with Gasteiger partial charge in [-0.15, -0.1) is 0 Å². The molecule has 0 amide bonds. The van der Waals surface area contributed by atoms with Gasteiger partial charge >= 0.3 is 11.9 Å². The third-order valence-corrected chi connectivity index (χ3v) is 5.93. The summed E-state index contributed by atoms with van der Waals surface area (Å²) in [7, 11) is 0. The van der Waals surface area contributed by atoms with Gasteiger partial charge in [-0.05, 0) is 49.2 Å². The van der Waals surface area contributed by atoms with Crippen LogP contribution in [0.3, 0.4) is 0 Å². The maximum atomic E-state index is 13.1. The van der Waals surface area contributed by atoms with Crippen molar-refractivity contribution in [2.45, 2.75) is 20.0 Å². The summed E-state index contributed by atoms with van der Waals surface area (Å²) in [4.78, 5) is 23.5. The Balaban J connectivity index is 1.58. The third-order valence-electron chi connectivity index (χ3n) is 5.93. The molecule has 0 saturated carbocycles. The Morgan fingerprint density at radius 1 is 1.00 bits per heavy atom. The van der Waals surface area contributed by atoms with Gasteiger partial charge in [0.2, 0.25) is 11.6 Å². The highest BCUT2D eigenvalue weighted by Crippen LogP contribution is 2.36. The molecule has 0 unspecified atom stereocenters. The number of nitrogens with zero attached hydrogens (tertiary/aromatic N) is 5. The first-order valence-corrected chi connectivity index (χ1v) is 10.6. The number of aromatic nitrogens is 2. The Morgan fingerprint density at radius 2 is 1.68 bits per heavy atom. The molecule has 0 aliphatic carbocycles. The molecule has 0 spiro atoms. The molecule has 1 aromatic heterocycles. The van der Waals surface area contributed by atoms with E-state index in [9.17, 15) is 23.3 Å². The second-order valence-electron chi connectivity index (χ2n) is 8.05. The summed E-state index contributed by atoms with van der Waals surface area (Å²) in [6.45, 7) is 6.39. The zero-order valence-corrected chi connectivity index (χ0v) is 18.6. The molecule has 1 aliphatic rings. The average molecular weight is 472 g/mol. The minimum absolute atomic E-state index is 0.0438. The highest BCUT2D eigenvalue weighted by molar-refractivity contribution is 5.75. The summed E-state index contributed by atoms with van der Waals surface area (Å²) in [6, 6.07) is 10.6. The van der Waals surface area contributed by atoms with E-state index in [1.165, 1.54) is 29.6 Å². The fourth-order valence-corrected chi connectivity index (χ4v) is 4.01. The number of piperazine rings is 1. The lowest BCUT2D eigenvalue weighted by Crippen LogP contribution is -2.47. The van der Waals surface area contributed by atoms with Gasteiger partial charge in [0.25, 0.3) is 0 Å². The molecule has 3 aromatic rings. The molecule has 8 nitrogen and oxygen atoms in total. The Hall–Kier alpha value is -3.89. The minimum Gasteiger partial charge on any atom is -0.368 e. The van der Waals surface area contributed by atoms with E-state index in [1.54, 1.807) is 4.90 Å². The van der Waals surface area contributed by atoms with Crippen LogP contribution in [0.25, 0.3) is 0 Å². The lowest BCUT2D eigenvalue weighted by molar-refractivity contribution is -0.383. The number of nitrogens with one attached hydrogen (secondary N) is 1. The molecule has 1 fully saturated rings. The molecule has 0 radical (unpaired) electrons. The number of halogens is 3. The van der Waals surface area contributed by atoms with E-state index in [2.05, 4.69) is 46.2 Å². The number of nitro groups is 1. The van der Waals surface area contributed by atoms with Crippen molar-refractivity contribution in [1.29, 1.82) is 0 Å². The first kappa shape index (κ1) is 23.3. The normalized spacial score (nSPS) is 14.3. The number of rotatable bonds is 5. The van der Waals surface area contributed by atoms with Gasteiger partial charge in [0.15, 0.2) is 0 Å². The Bertz CT molecular complexity index is 1210. The van der Waals surface area contributed by atoms with Crippen LogP contribution in [0.1, 0.15) is 16.7 Å². The van der Waals surface area contributed by atoms with E-state index in [4.69, 9.17) is 0 Å². The minimum atomic E-state index is -4.53. The van der Waals surface area contributed by atoms with Crippen LogP contribution >= 0.6 is 0 Å². The average Bonchev–Trinajstić information content (AvgIpc) is 2.80. The summed E-state index contributed by atoms with van der Waals surface area (Å²) in [5, 5.41) is 14.6. The first-order chi connectivity index (χ1) is 16.1. The van der Waals surface area contributed by atoms with Crippen molar-refractivity contribution < 1.29 is 18.1 Å². The predicted molar refractivity (Wildman–Crippen MR) is 124 cm³/mol. The van der Waals surface area contributed by atoms with Crippen molar-refractivity contribution in [1.82, 2.24) is 9.97 Å². The van der Waals surface area contributed by atoms with E-state index in [1.807, 2.05) is 6.07 Å². The van der Waals surface area contributed by atoms with E-state index in [-0.39, 0.29) is 23.0 Å². The quantitative estimate of drug-likeness (QED) is 0.409. The van der Waals surface area contributed by atoms with Gasteiger partial charge in [-0.3, -0.25) is 10.1 Å². The van der Waals surface area contributed by atoms with Crippen molar-refractivity contribution in [2.24, 2.45) is 0 Å². The fourth-order valence-electron chi connectivity index (χ4n) is 4.01. The zero-order valence-electron chi connectivity index (χ0n) is 18.6. The maximum absolute atomic E-state index is 13.1. The molecule has 34 heavy (non-hydrogen) atoms. The van der Waals surface area contributed by atoms with E-state index < -0.39 is 16.7 Å². The molecule has 1 N–H and O–H groups in total. The van der Waals surface area contributed by atoms with Crippen LogP contribution in [0, 0.1) is 24.0 Å². The molecule has 0 bridgehead atoms. The molecule has 4 rings (SSSR count). The van der Waals surface area contributed by atoms with Gasteiger partial charge < -0.3 is 15.1 Å². The molecule has 178 valence electrons. The number of aryl methyl sites for hydroxylation is 1. The molecule has 11 heteroatoms. The van der Waals surface area contributed by atoms with Crippen molar-refractivity contribution in [3.05, 3.63) is 75.6 Å². The fraction of sp³-hybridized carbons (Fsp3) is 0.304. The number of alkyl halides is 3. The molecule has 1 aliphatic heterocycles. The van der Waals surface area contributed by atoms with Crippen molar-refractivity contribution >= 4 is 28.7 Å². The highest BCUT2D eigenvalue weighted by atomic mass is 19.4. The topological polar surface area (TPSA) is 87.4 Å². The number of benzene rings is 2. The van der Waals surface area contributed by atoms with E-state index >= 15 is 0 Å². The SMILES string of the molecule is Cc1cccc(N2CCN(c3ncnc(Nc4cccc(C(F)(F)F)c4)c3[N+](=O)[O-])CC2)c1C. The summed E-state index contributed by atoms with van der Waals surface area (Å²) in [5.74, 6) is -0.0265. The number of hydrogen-bond acceptors (Lipinski definition) is 7. The Labute approximate surface area is 194 Å². The summed E-state index contributed by atoms with van der Waals surface area (Å²) >= 11 is 0. The maximum Gasteiger partial charge on any atom is 0.416 e. The van der Waals surface area contributed by atoms with Gasteiger partial charge in [0, 0.05) is 37.6 Å². The van der Waals surface area contributed by atoms with Crippen molar-refractivity contribution in [2.75, 3.05) is 41.3 Å². The predicted octanol–water partition coefficient (Wildman–Crippen LogP) is 5.09. The molecule has 2 heterocycles. The molecule has 2 aromatic carbocycles. The zero-order chi connectivity index (χ0) is 24.5. The first-order valence-electron chi connectivity index (χ1n) is 10.6. The standard InChI is InChI=1S/C23H23F3N6O2/c1-15-5-3-8-19(16(15)2)30-9-11-31(12-10-30)22-20(32(33)34)21(27-14-28-22)29-18-7-4-6-17(13-18)23(24,25)26/h3-8,13-14H,9-12H2,1-2H3,(H,27,28,29). The molecule has 0 atom stereocenters. The van der Waals surface area contributed by atoms with Crippen LogP contribution in [0.5, 0.6) is 0 Å². The summed E-state index contributed by atoms with van der Waals surface area (Å²) in [6.07, 6.45) is -3.36. The second-order valence-corrected chi connectivity index (χ2v) is 8.05. The molecule has 1 saturated heterocycles. The summed E-state index contributed by atoms with van der Waals surface area (Å²) < 4.78 is 39.2. The van der Waals surface area contributed by atoms with Gasteiger partial charge in [-0.25, -0.2) is 9.97 Å². The summed E-state index contributed by atoms with van der Waals surface area (Å²) in [5.41, 5.74) is 2.32. The second kappa shape index (κ2) is 9.16. The number of anilines is 4.